The molecule has 0 fully saturated rings. The van der Waals surface area contributed by atoms with Crippen LogP contribution in [-0.4, -0.2) is 24.7 Å². The van der Waals surface area contributed by atoms with Gasteiger partial charge in [-0.15, -0.1) is 0 Å². The second-order valence-electron chi connectivity index (χ2n) is 5.31. The first kappa shape index (κ1) is 20.2. The number of aromatic nitrogens is 2. The van der Waals surface area contributed by atoms with Crippen molar-refractivity contribution in [3.05, 3.63) is 53.3 Å². The number of nitrogens with one attached hydrogen (secondary N) is 1. The van der Waals surface area contributed by atoms with Crippen LogP contribution in [0.25, 0.3) is 0 Å². The molecule has 0 atom stereocenters. The molecule has 0 aliphatic rings. The SMILES string of the molecule is O=S(=O)(Cc1ccc(C(F)(F)F)cc1)NCCn1ccc(C(F)(F)F)n1. The summed E-state index contributed by atoms with van der Waals surface area (Å²) >= 11 is 0. The van der Waals surface area contributed by atoms with Crippen molar-refractivity contribution in [2.45, 2.75) is 24.7 Å². The minimum atomic E-state index is -4.59. The van der Waals surface area contributed by atoms with E-state index in [9.17, 15) is 34.8 Å². The Hall–Kier alpha value is -2.08. The Labute approximate surface area is 144 Å². The second-order valence-corrected chi connectivity index (χ2v) is 7.12. The molecule has 0 saturated heterocycles. The number of benzene rings is 1. The molecule has 0 radical (unpaired) electrons. The normalized spacial score (nSPS) is 13.2. The van der Waals surface area contributed by atoms with Gasteiger partial charge in [0, 0.05) is 12.7 Å². The number of hydrogen-bond acceptors (Lipinski definition) is 3. The zero-order valence-electron chi connectivity index (χ0n) is 13.0. The summed E-state index contributed by atoms with van der Waals surface area (Å²) in [6.45, 7) is -0.357. The van der Waals surface area contributed by atoms with E-state index in [-0.39, 0.29) is 18.7 Å². The van der Waals surface area contributed by atoms with Crippen LogP contribution in [-0.2, 0) is 34.7 Å². The maximum Gasteiger partial charge on any atom is 0.435 e. The van der Waals surface area contributed by atoms with Gasteiger partial charge in [-0.1, -0.05) is 12.1 Å². The summed E-state index contributed by atoms with van der Waals surface area (Å²) < 4.78 is 101. The Balaban J connectivity index is 1.90. The average molecular weight is 401 g/mol. The van der Waals surface area contributed by atoms with Crippen LogP contribution in [0.1, 0.15) is 16.8 Å². The lowest BCUT2D eigenvalue weighted by Gasteiger charge is -2.09. The van der Waals surface area contributed by atoms with E-state index in [2.05, 4.69) is 9.82 Å². The first-order chi connectivity index (χ1) is 11.9. The molecule has 0 aliphatic heterocycles. The van der Waals surface area contributed by atoms with Crippen LogP contribution in [0.5, 0.6) is 0 Å². The lowest BCUT2D eigenvalue weighted by atomic mass is 10.1. The molecule has 0 saturated carbocycles. The zero-order valence-corrected chi connectivity index (χ0v) is 13.8. The number of alkyl halides is 6. The molecule has 26 heavy (non-hydrogen) atoms. The van der Waals surface area contributed by atoms with Crippen molar-refractivity contribution in [2.75, 3.05) is 6.54 Å². The maximum absolute atomic E-state index is 12.5. The predicted octanol–water partition coefficient (Wildman–Crippen LogP) is 3.04. The van der Waals surface area contributed by atoms with Gasteiger partial charge in [-0.05, 0) is 23.8 Å². The largest absolute Gasteiger partial charge is 0.435 e. The number of sulfonamides is 1. The number of hydrogen-bond donors (Lipinski definition) is 1. The molecule has 1 N–H and O–H groups in total. The van der Waals surface area contributed by atoms with Crippen LogP contribution in [0.3, 0.4) is 0 Å². The second kappa shape index (κ2) is 7.27. The van der Waals surface area contributed by atoms with Crippen molar-refractivity contribution in [3.8, 4) is 0 Å². The summed E-state index contributed by atoms with van der Waals surface area (Å²) in [5.74, 6) is -0.557. The molecular weight excluding hydrogens is 388 g/mol. The molecule has 2 rings (SSSR count). The van der Waals surface area contributed by atoms with Crippen molar-refractivity contribution in [2.24, 2.45) is 0 Å². The highest BCUT2D eigenvalue weighted by molar-refractivity contribution is 7.88. The molecule has 1 heterocycles. The average Bonchev–Trinajstić information content (AvgIpc) is 2.95. The fourth-order valence-corrected chi connectivity index (χ4v) is 3.15. The predicted molar refractivity (Wildman–Crippen MR) is 79.3 cm³/mol. The van der Waals surface area contributed by atoms with Gasteiger partial charge >= 0.3 is 12.4 Å². The Morgan fingerprint density at radius 2 is 1.58 bits per heavy atom. The fraction of sp³-hybridized carbons (Fsp3) is 0.357. The molecular formula is C14H13F6N3O2S. The molecule has 0 spiro atoms. The van der Waals surface area contributed by atoms with Crippen molar-refractivity contribution in [3.63, 3.8) is 0 Å². The minimum Gasteiger partial charge on any atom is -0.271 e. The molecule has 0 unspecified atom stereocenters. The van der Waals surface area contributed by atoms with E-state index < -0.39 is 39.4 Å². The van der Waals surface area contributed by atoms with E-state index >= 15 is 0 Å². The smallest absolute Gasteiger partial charge is 0.271 e. The van der Waals surface area contributed by atoms with E-state index in [0.29, 0.717) is 0 Å². The van der Waals surface area contributed by atoms with E-state index in [4.69, 9.17) is 0 Å². The van der Waals surface area contributed by atoms with Crippen LogP contribution < -0.4 is 4.72 Å². The summed E-state index contributed by atoms with van der Waals surface area (Å²) in [5.41, 5.74) is -1.85. The molecule has 12 heteroatoms. The van der Waals surface area contributed by atoms with E-state index in [1.807, 2.05) is 0 Å². The molecule has 0 bridgehead atoms. The van der Waals surface area contributed by atoms with Gasteiger partial charge in [0.15, 0.2) is 5.69 Å². The molecule has 5 nitrogen and oxygen atoms in total. The van der Waals surface area contributed by atoms with Gasteiger partial charge in [0.25, 0.3) is 0 Å². The standard InChI is InChI=1S/C14H13F6N3O2S/c15-13(16,17)11-3-1-10(2-4-11)9-26(24,25)21-6-8-23-7-5-12(22-23)14(18,19)20/h1-5,7,21H,6,8-9H2. The highest BCUT2D eigenvalue weighted by atomic mass is 32.2. The summed E-state index contributed by atoms with van der Waals surface area (Å²) in [4.78, 5) is 0. The number of halogens is 6. The minimum absolute atomic E-state index is 0.137. The van der Waals surface area contributed by atoms with Crippen LogP contribution in [0, 0.1) is 0 Å². The fourth-order valence-electron chi connectivity index (χ4n) is 2.01. The first-order valence-electron chi connectivity index (χ1n) is 7.11. The highest BCUT2D eigenvalue weighted by Gasteiger charge is 2.33. The number of rotatable bonds is 6. The van der Waals surface area contributed by atoms with Crippen LogP contribution >= 0.6 is 0 Å². The molecule has 1 aromatic carbocycles. The summed E-state index contributed by atoms with van der Waals surface area (Å²) in [6, 6.07) is 4.40. The summed E-state index contributed by atoms with van der Waals surface area (Å²) in [6.07, 6.45) is -8.05. The van der Waals surface area contributed by atoms with Crippen molar-refractivity contribution in [1.82, 2.24) is 14.5 Å². The van der Waals surface area contributed by atoms with Gasteiger partial charge < -0.3 is 0 Å². The van der Waals surface area contributed by atoms with Crippen LogP contribution in [0.2, 0.25) is 0 Å². The third-order valence-electron chi connectivity index (χ3n) is 3.23. The van der Waals surface area contributed by atoms with Gasteiger partial charge in [0.1, 0.15) is 0 Å². The third-order valence-corrected chi connectivity index (χ3v) is 4.59. The molecule has 144 valence electrons. The summed E-state index contributed by atoms with van der Waals surface area (Å²) in [7, 11) is -3.87. The van der Waals surface area contributed by atoms with Gasteiger partial charge in [0.2, 0.25) is 10.0 Å². The molecule has 1 aromatic heterocycles. The number of nitrogens with zero attached hydrogens (tertiary/aromatic N) is 2. The van der Waals surface area contributed by atoms with Crippen molar-refractivity contribution in [1.29, 1.82) is 0 Å². The van der Waals surface area contributed by atoms with Crippen molar-refractivity contribution >= 4 is 10.0 Å². The first-order valence-corrected chi connectivity index (χ1v) is 8.76. The van der Waals surface area contributed by atoms with E-state index in [1.165, 1.54) is 0 Å². The lowest BCUT2D eigenvalue weighted by molar-refractivity contribution is -0.141. The molecule has 0 amide bonds. The maximum atomic E-state index is 12.5. The van der Waals surface area contributed by atoms with Crippen molar-refractivity contribution < 1.29 is 34.8 Å². The molecule has 0 aliphatic carbocycles. The van der Waals surface area contributed by atoms with Gasteiger partial charge in [-0.3, -0.25) is 4.68 Å². The third kappa shape index (κ3) is 5.73. The quantitative estimate of drug-likeness (QED) is 0.757. The lowest BCUT2D eigenvalue weighted by Crippen LogP contribution is -2.28. The van der Waals surface area contributed by atoms with Crippen LogP contribution in [0.15, 0.2) is 36.5 Å². The monoisotopic (exact) mass is 401 g/mol. The van der Waals surface area contributed by atoms with Gasteiger partial charge in [-0.2, -0.15) is 31.4 Å². The van der Waals surface area contributed by atoms with Crippen LogP contribution in [0.4, 0.5) is 26.3 Å². The zero-order chi connectivity index (χ0) is 19.6. The van der Waals surface area contributed by atoms with Gasteiger partial charge in [-0.25, -0.2) is 13.1 Å². The topological polar surface area (TPSA) is 64.0 Å². The van der Waals surface area contributed by atoms with E-state index in [0.717, 1.165) is 41.2 Å². The van der Waals surface area contributed by atoms with E-state index in [1.54, 1.807) is 0 Å². The summed E-state index contributed by atoms with van der Waals surface area (Å²) in [5, 5.41) is 3.27. The molecule has 2 aromatic rings. The van der Waals surface area contributed by atoms with Gasteiger partial charge in [0.05, 0.1) is 17.9 Å². The Morgan fingerprint density at radius 1 is 0.962 bits per heavy atom. The Bertz CT molecular complexity index is 841. The Morgan fingerprint density at radius 3 is 2.08 bits per heavy atom. The highest BCUT2D eigenvalue weighted by Crippen LogP contribution is 2.29. The Kier molecular flexibility index (Phi) is 5.66.